The summed E-state index contributed by atoms with van der Waals surface area (Å²) in [6.45, 7) is 0. The highest BCUT2D eigenvalue weighted by molar-refractivity contribution is 8.00. The number of hydrogen-bond acceptors (Lipinski definition) is 5. The lowest BCUT2D eigenvalue weighted by molar-refractivity contribution is -0.151. The molecule has 0 spiro atoms. The standard InChI is InChI=1S/C33H36ClN5O5S/c34-16-28(41)39-25(32(42)43)15-22-21-5-1-2-6-23(21)35-29(22)31(39)18-9-11-19(12-10-18)38(20-13-14-20)27(40)8-4-3-7-26-30-24(17-45-26)36-33(44)37-30/h1-2,5-6,9-12,20,24-26,30-31,35H,3-4,7-8,13-17H2,(H,42,43)(H2,36,37,44)/t24-,25+,26-,30-,31+/m0/s1. The van der Waals surface area contributed by atoms with Crippen LogP contribution >= 0.6 is 23.4 Å². The number of carbonyl (C=O) groups is 4. The Labute approximate surface area is 270 Å². The molecule has 1 saturated carbocycles. The van der Waals surface area contributed by atoms with Crippen LogP contribution in [0.15, 0.2) is 48.5 Å². The van der Waals surface area contributed by atoms with E-state index in [1.807, 2.05) is 65.2 Å². The SMILES string of the molecule is O=C1N[C@H]2[C@H](CS[C@H]2CCCCC(=O)N(c2ccc([C@@H]3c4[nH]c5ccccc5c4C[C@H](C(=O)O)N3C(=O)CCl)cc2)C2CC2)N1. The first-order valence-electron chi connectivity index (χ1n) is 15.6. The molecular formula is C33H36ClN5O5S. The van der Waals surface area contributed by atoms with Gasteiger partial charge in [-0.15, -0.1) is 11.6 Å². The van der Waals surface area contributed by atoms with Gasteiger partial charge in [-0.1, -0.05) is 36.8 Å². The van der Waals surface area contributed by atoms with E-state index in [1.54, 1.807) is 0 Å². The quantitative estimate of drug-likeness (QED) is 0.145. The summed E-state index contributed by atoms with van der Waals surface area (Å²) in [7, 11) is 0. The first-order valence-corrected chi connectivity index (χ1v) is 17.2. The molecule has 2 saturated heterocycles. The highest BCUT2D eigenvalue weighted by atomic mass is 35.5. The van der Waals surface area contributed by atoms with Crippen molar-refractivity contribution in [2.75, 3.05) is 16.5 Å². The lowest BCUT2D eigenvalue weighted by Crippen LogP contribution is -2.52. The average Bonchev–Trinajstić information content (AvgIpc) is 3.54. The second-order valence-corrected chi connectivity index (χ2v) is 14.0. The number of alkyl halides is 1. The Morgan fingerprint density at radius 1 is 1.04 bits per heavy atom. The van der Waals surface area contributed by atoms with E-state index in [9.17, 15) is 24.3 Å². The number of carbonyl (C=O) groups excluding carboxylic acids is 3. The van der Waals surface area contributed by atoms with Gasteiger partial charge in [-0.05, 0) is 55.0 Å². The second-order valence-electron chi connectivity index (χ2n) is 12.4. The van der Waals surface area contributed by atoms with Crippen LogP contribution in [0.1, 0.15) is 61.4 Å². The number of thioether (sulfide) groups is 1. The van der Waals surface area contributed by atoms with Gasteiger partial charge in [0.25, 0.3) is 0 Å². The average molecular weight is 650 g/mol. The largest absolute Gasteiger partial charge is 0.480 e. The zero-order valence-corrected chi connectivity index (χ0v) is 26.3. The van der Waals surface area contributed by atoms with Crippen LogP contribution in [0, 0.1) is 0 Å². The van der Waals surface area contributed by atoms with Crippen LogP contribution in [0.4, 0.5) is 10.5 Å². The normalized spacial score (nSPS) is 25.4. The Balaban J connectivity index is 1.09. The summed E-state index contributed by atoms with van der Waals surface area (Å²) < 4.78 is 0. The smallest absolute Gasteiger partial charge is 0.326 e. The Kier molecular flexibility index (Phi) is 8.16. The number of halogens is 1. The van der Waals surface area contributed by atoms with Gasteiger partial charge in [-0.3, -0.25) is 9.59 Å². The minimum absolute atomic E-state index is 0.0816. The van der Waals surface area contributed by atoms with E-state index in [0.717, 1.165) is 71.3 Å². The molecule has 12 heteroatoms. The lowest BCUT2D eigenvalue weighted by Gasteiger charge is -2.40. The number of anilines is 1. The molecule has 3 aromatic rings. The molecule has 4 N–H and O–H groups in total. The van der Waals surface area contributed by atoms with Crippen LogP contribution in [0.25, 0.3) is 10.9 Å². The third kappa shape index (κ3) is 5.65. The van der Waals surface area contributed by atoms with Gasteiger partial charge >= 0.3 is 12.0 Å². The maximum absolute atomic E-state index is 13.5. The molecule has 0 unspecified atom stereocenters. The van der Waals surface area contributed by atoms with Crippen LogP contribution < -0.4 is 15.5 Å². The fourth-order valence-corrected chi connectivity index (χ4v) is 8.98. The second kappa shape index (κ2) is 12.2. The fourth-order valence-electron chi connectivity index (χ4n) is 7.30. The predicted octanol–water partition coefficient (Wildman–Crippen LogP) is 4.56. The third-order valence-electron chi connectivity index (χ3n) is 9.55. The molecule has 0 radical (unpaired) electrons. The van der Waals surface area contributed by atoms with Crippen LogP contribution in [0.5, 0.6) is 0 Å². The van der Waals surface area contributed by atoms with Crippen molar-refractivity contribution < 1.29 is 24.3 Å². The van der Waals surface area contributed by atoms with Gasteiger partial charge in [0.2, 0.25) is 11.8 Å². The Bertz CT molecular complexity index is 1640. The molecule has 2 aromatic carbocycles. The van der Waals surface area contributed by atoms with Gasteiger partial charge in [0, 0.05) is 52.2 Å². The maximum atomic E-state index is 13.5. The number of carboxylic acid groups (broad SMARTS) is 1. The zero-order valence-electron chi connectivity index (χ0n) is 24.7. The number of hydrogen-bond donors (Lipinski definition) is 4. The van der Waals surface area contributed by atoms with Crippen LogP contribution in [-0.4, -0.2) is 79.9 Å². The number of benzene rings is 2. The van der Waals surface area contributed by atoms with E-state index in [-0.39, 0.29) is 42.4 Å². The molecule has 10 nitrogen and oxygen atoms in total. The number of aliphatic carboxylic acids is 1. The van der Waals surface area contributed by atoms with E-state index in [1.165, 1.54) is 4.90 Å². The molecule has 45 heavy (non-hydrogen) atoms. The van der Waals surface area contributed by atoms with Gasteiger partial charge in [-0.25, -0.2) is 9.59 Å². The first-order chi connectivity index (χ1) is 21.8. The number of aromatic nitrogens is 1. The Hall–Kier alpha value is -3.70. The molecule has 5 atom stereocenters. The summed E-state index contributed by atoms with van der Waals surface area (Å²) in [5.41, 5.74) is 4.11. The number of urea groups is 1. The van der Waals surface area contributed by atoms with Crippen molar-refractivity contribution in [3.05, 3.63) is 65.4 Å². The molecule has 7 rings (SSSR count). The molecule has 4 amide bonds. The summed E-state index contributed by atoms with van der Waals surface area (Å²) in [4.78, 5) is 57.6. The number of fused-ring (bicyclic) bond motifs is 4. The summed E-state index contributed by atoms with van der Waals surface area (Å²) in [6.07, 6.45) is 5.22. The summed E-state index contributed by atoms with van der Waals surface area (Å²) in [6, 6.07) is 14.1. The number of aromatic amines is 1. The van der Waals surface area contributed by atoms with Gasteiger partial charge in [0.15, 0.2) is 0 Å². The number of amides is 4. The number of para-hydroxylation sites is 1. The number of rotatable bonds is 10. The molecule has 0 bridgehead atoms. The van der Waals surface area contributed by atoms with E-state index in [0.29, 0.717) is 11.7 Å². The molecule has 1 aromatic heterocycles. The lowest BCUT2D eigenvalue weighted by atomic mass is 9.88. The molecule has 3 aliphatic heterocycles. The number of nitrogens with zero attached hydrogens (tertiary/aromatic N) is 2. The first kappa shape index (κ1) is 30.0. The molecule has 236 valence electrons. The van der Waals surface area contributed by atoms with Crippen molar-refractivity contribution in [1.29, 1.82) is 0 Å². The number of carboxylic acids is 1. The number of unbranched alkanes of at least 4 members (excludes halogenated alkanes) is 1. The summed E-state index contributed by atoms with van der Waals surface area (Å²) in [5.74, 6) is -0.832. The number of nitrogens with one attached hydrogen (secondary N) is 3. The predicted molar refractivity (Wildman–Crippen MR) is 174 cm³/mol. The zero-order chi connectivity index (χ0) is 31.2. The molecule has 1 aliphatic carbocycles. The molecule has 4 aliphatic rings. The van der Waals surface area contributed by atoms with Crippen molar-refractivity contribution in [1.82, 2.24) is 20.5 Å². The van der Waals surface area contributed by atoms with Gasteiger partial charge in [0.05, 0.1) is 18.1 Å². The van der Waals surface area contributed by atoms with Crippen molar-refractivity contribution in [3.63, 3.8) is 0 Å². The molecular weight excluding hydrogens is 614 g/mol. The third-order valence-corrected chi connectivity index (χ3v) is 11.3. The van der Waals surface area contributed by atoms with Crippen LogP contribution in [-0.2, 0) is 20.8 Å². The Morgan fingerprint density at radius 2 is 1.82 bits per heavy atom. The molecule has 3 fully saturated rings. The monoisotopic (exact) mass is 649 g/mol. The van der Waals surface area contributed by atoms with Crippen molar-refractivity contribution >= 4 is 63.8 Å². The topological polar surface area (TPSA) is 135 Å². The highest BCUT2D eigenvalue weighted by Gasteiger charge is 2.44. The van der Waals surface area contributed by atoms with E-state index in [4.69, 9.17) is 11.6 Å². The van der Waals surface area contributed by atoms with E-state index >= 15 is 0 Å². The molecule has 4 heterocycles. The van der Waals surface area contributed by atoms with Gasteiger partial charge in [0.1, 0.15) is 11.9 Å². The highest BCUT2D eigenvalue weighted by Crippen LogP contribution is 2.42. The summed E-state index contributed by atoms with van der Waals surface area (Å²) >= 11 is 7.91. The van der Waals surface area contributed by atoms with E-state index < -0.39 is 24.0 Å². The summed E-state index contributed by atoms with van der Waals surface area (Å²) in [5, 5.41) is 17.5. The van der Waals surface area contributed by atoms with Gasteiger partial charge < -0.3 is 30.5 Å². The van der Waals surface area contributed by atoms with Crippen molar-refractivity contribution in [2.24, 2.45) is 0 Å². The van der Waals surface area contributed by atoms with Crippen LogP contribution in [0.2, 0.25) is 0 Å². The minimum Gasteiger partial charge on any atom is -0.480 e. The maximum Gasteiger partial charge on any atom is 0.326 e. The number of H-pyrrole nitrogens is 1. The Morgan fingerprint density at radius 3 is 2.56 bits per heavy atom. The van der Waals surface area contributed by atoms with Gasteiger partial charge in [-0.2, -0.15) is 11.8 Å². The van der Waals surface area contributed by atoms with E-state index in [2.05, 4.69) is 15.6 Å². The van der Waals surface area contributed by atoms with Crippen molar-refractivity contribution in [3.8, 4) is 0 Å². The fraction of sp³-hybridized carbons (Fsp3) is 0.455. The minimum atomic E-state index is -1.08. The van der Waals surface area contributed by atoms with Crippen LogP contribution in [0.3, 0.4) is 0 Å². The van der Waals surface area contributed by atoms with Crippen molar-refractivity contribution in [2.45, 2.75) is 80.4 Å².